The van der Waals surface area contributed by atoms with Gasteiger partial charge in [-0.05, 0) is 31.2 Å². The van der Waals surface area contributed by atoms with E-state index in [0.29, 0.717) is 11.4 Å². The first-order chi connectivity index (χ1) is 9.49. The highest BCUT2D eigenvalue weighted by molar-refractivity contribution is 6.07. The zero-order valence-corrected chi connectivity index (χ0v) is 10.9. The Morgan fingerprint density at radius 3 is 2.50 bits per heavy atom. The second-order valence-corrected chi connectivity index (χ2v) is 4.35. The van der Waals surface area contributed by atoms with E-state index < -0.39 is 11.8 Å². The second kappa shape index (κ2) is 5.58. The monoisotopic (exact) mass is 273 g/mol. The summed E-state index contributed by atoms with van der Waals surface area (Å²) in [5.41, 5.74) is 11.5. The van der Waals surface area contributed by atoms with Gasteiger partial charge in [-0.25, -0.2) is 0 Å². The third-order valence-corrected chi connectivity index (χ3v) is 2.74. The van der Waals surface area contributed by atoms with E-state index in [1.165, 1.54) is 12.1 Å². The minimum Gasteiger partial charge on any atom is -0.454 e. The van der Waals surface area contributed by atoms with E-state index >= 15 is 0 Å². The van der Waals surface area contributed by atoms with E-state index in [1.807, 2.05) is 0 Å². The average Bonchev–Trinajstić information content (AvgIpc) is 2.89. The summed E-state index contributed by atoms with van der Waals surface area (Å²) in [7, 11) is 0. The van der Waals surface area contributed by atoms with E-state index in [9.17, 15) is 9.59 Å². The molecule has 6 nitrogen and oxygen atoms in total. The largest absolute Gasteiger partial charge is 0.454 e. The fourth-order valence-corrected chi connectivity index (χ4v) is 1.71. The molecule has 20 heavy (non-hydrogen) atoms. The van der Waals surface area contributed by atoms with Gasteiger partial charge in [0.15, 0.2) is 5.76 Å². The Kier molecular flexibility index (Phi) is 3.86. The zero-order chi connectivity index (χ0) is 14.7. The van der Waals surface area contributed by atoms with Crippen LogP contribution in [-0.4, -0.2) is 11.8 Å². The Hall–Kier alpha value is -2.60. The molecule has 0 aliphatic carbocycles. The number of para-hydroxylation sites is 1. The van der Waals surface area contributed by atoms with Gasteiger partial charge in [0.25, 0.3) is 11.8 Å². The molecule has 2 rings (SSSR count). The van der Waals surface area contributed by atoms with Crippen LogP contribution in [0.4, 0.5) is 5.69 Å². The van der Waals surface area contributed by atoms with Gasteiger partial charge in [0.2, 0.25) is 0 Å². The third kappa shape index (κ3) is 2.86. The van der Waals surface area contributed by atoms with Gasteiger partial charge in [0, 0.05) is 0 Å². The molecule has 5 N–H and O–H groups in total. The van der Waals surface area contributed by atoms with Crippen LogP contribution < -0.4 is 16.8 Å². The Balaban J connectivity index is 2.21. The van der Waals surface area contributed by atoms with Crippen molar-refractivity contribution in [3.05, 3.63) is 53.5 Å². The summed E-state index contributed by atoms with van der Waals surface area (Å²) in [6, 6.07) is 9.35. The first kappa shape index (κ1) is 13.8. The molecule has 2 aromatic rings. The van der Waals surface area contributed by atoms with Gasteiger partial charge < -0.3 is 21.2 Å². The molecule has 0 saturated heterocycles. The molecular weight excluding hydrogens is 258 g/mol. The van der Waals surface area contributed by atoms with Crippen LogP contribution in [0.5, 0.6) is 0 Å². The predicted molar refractivity (Wildman–Crippen MR) is 74.2 cm³/mol. The van der Waals surface area contributed by atoms with Crippen molar-refractivity contribution in [2.45, 2.75) is 13.0 Å². The number of primary amides is 1. The maximum absolute atomic E-state index is 12.0. The highest BCUT2D eigenvalue weighted by Gasteiger charge is 2.15. The average molecular weight is 273 g/mol. The van der Waals surface area contributed by atoms with Gasteiger partial charge in [-0.2, -0.15) is 0 Å². The number of nitrogens with one attached hydrogen (secondary N) is 1. The number of amides is 2. The van der Waals surface area contributed by atoms with E-state index in [2.05, 4.69) is 5.32 Å². The van der Waals surface area contributed by atoms with E-state index in [0.717, 1.165) is 0 Å². The van der Waals surface area contributed by atoms with Crippen LogP contribution in [0.2, 0.25) is 0 Å². The van der Waals surface area contributed by atoms with Crippen LogP contribution in [0.1, 0.15) is 39.6 Å². The summed E-state index contributed by atoms with van der Waals surface area (Å²) < 4.78 is 5.33. The fourth-order valence-electron chi connectivity index (χ4n) is 1.71. The molecule has 2 amide bonds. The highest BCUT2D eigenvalue weighted by Crippen LogP contribution is 2.18. The van der Waals surface area contributed by atoms with Gasteiger partial charge in [-0.3, -0.25) is 9.59 Å². The molecule has 6 heteroatoms. The normalized spacial score (nSPS) is 11.9. The summed E-state index contributed by atoms with van der Waals surface area (Å²) in [4.78, 5) is 23.3. The van der Waals surface area contributed by atoms with Crippen LogP contribution in [0, 0.1) is 0 Å². The van der Waals surface area contributed by atoms with Crippen molar-refractivity contribution in [2.24, 2.45) is 11.5 Å². The Morgan fingerprint density at radius 2 is 1.90 bits per heavy atom. The number of furan rings is 1. The second-order valence-electron chi connectivity index (χ2n) is 4.35. The molecule has 0 fully saturated rings. The lowest BCUT2D eigenvalue weighted by Crippen LogP contribution is -2.17. The number of nitrogens with two attached hydrogens (primary N) is 2. The zero-order valence-electron chi connectivity index (χ0n) is 10.9. The number of carbonyl (C=O) groups is 2. The first-order valence-corrected chi connectivity index (χ1v) is 6.04. The van der Waals surface area contributed by atoms with Crippen LogP contribution in [0.25, 0.3) is 0 Å². The molecule has 1 atom stereocenters. The van der Waals surface area contributed by atoms with Crippen molar-refractivity contribution in [2.75, 3.05) is 5.32 Å². The third-order valence-electron chi connectivity index (χ3n) is 2.74. The Labute approximate surface area is 115 Å². The lowest BCUT2D eigenvalue weighted by molar-refractivity contribution is 0.0994. The van der Waals surface area contributed by atoms with Crippen molar-refractivity contribution >= 4 is 17.5 Å². The molecule has 1 aromatic carbocycles. The summed E-state index contributed by atoms with van der Waals surface area (Å²) in [6.07, 6.45) is 0. The summed E-state index contributed by atoms with van der Waals surface area (Å²) in [5, 5.41) is 2.59. The number of benzene rings is 1. The first-order valence-electron chi connectivity index (χ1n) is 6.04. The summed E-state index contributed by atoms with van der Waals surface area (Å²) in [5.74, 6) is -0.447. The number of rotatable bonds is 4. The van der Waals surface area contributed by atoms with Gasteiger partial charge in [-0.1, -0.05) is 12.1 Å². The number of carbonyl (C=O) groups excluding carboxylic acids is 2. The standard InChI is InChI=1S/C14H15N3O3/c1-8(15)11-6-7-12(20-11)14(19)17-10-5-3-2-4-9(10)13(16)18/h2-8H,15H2,1H3,(H2,16,18)(H,17,19). The molecule has 1 unspecified atom stereocenters. The number of hydrogen-bond donors (Lipinski definition) is 3. The smallest absolute Gasteiger partial charge is 0.291 e. The van der Waals surface area contributed by atoms with Crippen LogP contribution >= 0.6 is 0 Å². The molecular formula is C14H15N3O3. The van der Waals surface area contributed by atoms with Crippen molar-refractivity contribution in [3.63, 3.8) is 0 Å². The minimum absolute atomic E-state index is 0.122. The maximum atomic E-state index is 12.0. The SMILES string of the molecule is CC(N)c1ccc(C(=O)Nc2ccccc2C(N)=O)o1. The Morgan fingerprint density at radius 1 is 1.20 bits per heavy atom. The minimum atomic E-state index is -0.614. The summed E-state index contributed by atoms with van der Waals surface area (Å²) >= 11 is 0. The molecule has 0 radical (unpaired) electrons. The number of anilines is 1. The molecule has 0 aliphatic heterocycles. The molecule has 1 heterocycles. The Bertz CT molecular complexity index is 647. The van der Waals surface area contributed by atoms with E-state index in [-0.39, 0.29) is 17.4 Å². The molecule has 0 bridgehead atoms. The fraction of sp³-hybridized carbons (Fsp3) is 0.143. The lowest BCUT2D eigenvalue weighted by Gasteiger charge is -2.07. The van der Waals surface area contributed by atoms with Crippen molar-refractivity contribution in [3.8, 4) is 0 Å². The highest BCUT2D eigenvalue weighted by atomic mass is 16.4. The van der Waals surface area contributed by atoms with Gasteiger partial charge in [0.1, 0.15) is 5.76 Å². The molecule has 1 aromatic heterocycles. The van der Waals surface area contributed by atoms with Crippen LogP contribution in [-0.2, 0) is 0 Å². The van der Waals surface area contributed by atoms with Gasteiger partial charge in [-0.15, -0.1) is 0 Å². The predicted octanol–water partition coefficient (Wildman–Crippen LogP) is 1.65. The quantitative estimate of drug-likeness (QED) is 0.786. The van der Waals surface area contributed by atoms with E-state index in [4.69, 9.17) is 15.9 Å². The van der Waals surface area contributed by atoms with Gasteiger partial charge in [0.05, 0.1) is 17.3 Å². The molecule has 0 saturated carbocycles. The van der Waals surface area contributed by atoms with E-state index in [1.54, 1.807) is 31.2 Å². The van der Waals surface area contributed by atoms with Crippen molar-refractivity contribution in [1.29, 1.82) is 0 Å². The van der Waals surface area contributed by atoms with Crippen LogP contribution in [0.15, 0.2) is 40.8 Å². The number of hydrogen-bond acceptors (Lipinski definition) is 4. The lowest BCUT2D eigenvalue weighted by atomic mass is 10.1. The topological polar surface area (TPSA) is 111 Å². The van der Waals surface area contributed by atoms with Crippen LogP contribution in [0.3, 0.4) is 0 Å². The summed E-state index contributed by atoms with van der Waals surface area (Å²) in [6.45, 7) is 1.75. The van der Waals surface area contributed by atoms with Gasteiger partial charge >= 0.3 is 0 Å². The van der Waals surface area contributed by atoms with Crippen molar-refractivity contribution in [1.82, 2.24) is 0 Å². The maximum Gasteiger partial charge on any atom is 0.291 e. The molecule has 104 valence electrons. The molecule has 0 aliphatic rings. The molecule has 0 spiro atoms. The van der Waals surface area contributed by atoms with Crippen molar-refractivity contribution < 1.29 is 14.0 Å².